The average molecular weight is 206 g/mol. The molecule has 0 heterocycles. The van der Waals surface area contributed by atoms with Crippen molar-refractivity contribution < 1.29 is 0 Å². The van der Waals surface area contributed by atoms with Crippen molar-refractivity contribution in [1.82, 2.24) is 4.90 Å². The van der Waals surface area contributed by atoms with Gasteiger partial charge in [-0.05, 0) is 50.9 Å². The van der Waals surface area contributed by atoms with E-state index in [-0.39, 0.29) is 0 Å². The molecule has 0 aromatic rings. The maximum atomic E-state index is 8.80. The fourth-order valence-electron chi connectivity index (χ4n) is 3.45. The van der Waals surface area contributed by atoms with Gasteiger partial charge in [-0.2, -0.15) is 5.26 Å². The van der Waals surface area contributed by atoms with Crippen molar-refractivity contribution in [2.75, 3.05) is 13.1 Å². The molecule has 2 heteroatoms. The summed E-state index contributed by atoms with van der Waals surface area (Å²) in [6.07, 6.45) is 5.83. The molecule has 15 heavy (non-hydrogen) atoms. The van der Waals surface area contributed by atoms with Crippen LogP contribution in [0.3, 0.4) is 0 Å². The van der Waals surface area contributed by atoms with Gasteiger partial charge < -0.3 is 0 Å². The van der Waals surface area contributed by atoms with Crippen LogP contribution in [-0.2, 0) is 0 Å². The third kappa shape index (κ3) is 2.34. The second-order valence-electron chi connectivity index (χ2n) is 5.62. The Balaban J connectivity index is 1.87. The molecule has 2 fully saturated rings. The van der Waals surface area contributed by atoms with Crippen LogP contribution in [0, 0.1) is 29.1 Å². The first-order chi connectivity index (χ1) is 7.20. The van der Waals surface area contributed by atoms with Gasteiger partial charge in [0.1, 0.15) is 0 Å². The van der Waals surface area contributed by atoms with Crippen LogP contribution in [0.25, 0.3) is 0 Å². The average Bonchev–Trinajstić information content (AvgIpc) is 2.78. The summed E-state index contributed by atoms with van der Waals surface area (Å²) in [5.74, 6) is 2.89. The lowest BCUT2D eigenvalue weighted by atomic mass is 9.88. The van der Waals surface area contributed by atoms with Crippen LogP contribution in [0.1, 0.15) is 39.5 Å². The van der Waals surface area contributed by atoms with Crippen molar-refractivity contribution in [3.8, 4) is 6.07 Å². The highest BCUT2D eigenvalue weighted by atomic mass is 15.1. The minimum Gasteiger partial charge on any atom is -0.288 e. The quantitative estimate of drug-likeness (QED) is 0.661. The maximum absolute atomic E-state index is 8.80. The minimum absolute atomic E-state index is 0.517. The van der Waals surface area contributed by atoms with Crippen LogP contribution in [0.2, 0.25) is 0 Å². The summed E-state index contributed by atoms with van der Waals surface area (Å²) in [6, 6.07) is 2.81. The molecule has 0 aromatic heterocycles. The van der Waals surface area contributed by atoms with Gasteiger partial charge in [0.2, 0.25) is 0 Å². The van der Waals surface area contributed by atoms with E-state index in [4.69, 9.17) is 5.26 Å². The lowest BCUT2D eigenvalue weighted by molar-refractivity contribution is 0.174. The highest BCUT2D eigenvalue weighted by Gasteiger charge is 2.40. The van der Waals surface area contributed by atoms with Gasteiger partial charge in [-0.3, -0.25) is 4.90 Å². The van der Waals surface area contributed by atoms with E-state index in [1.54, 1.807) is 0 Å². The number of nitriles is 1. The molecular weight excluding hydrogens is 184 g/mol. The molecule has 2 aliphatic rings. The molecule has 0 aliphatic heterocycles. The Morgan fingerprint density at radius 2 is 2.13 bits per heavy atom. The Kier molecular flexibility index (Phi) is 3.31. The van der Waals surface area contributed by atoms with Crippen LogP contribution in [0.15, 0.2) is 0 Å². The van der Waals surface area contributed by atoms with E-state index in [0.29, 0.717) is 12.6 Å². The van der Waals surface area contributed by atoms with Crippen molar-refractivity contribution in [2.45, 2.75) is 45.6 Å². The number of rotatable bonds is 4. The van der Waals surface area contributed by atoms with Gasteiger partial charge in [-0.25, -0.2) is 0 Å². The molecule has 3 atom stereocenters. The number of nitrogens with zero attached hydrogens (tertiary/aromatic N) is 2. The zero-order valence-electron chi connectivity index (χ0n) is 9.95. The Hall–Kier alpha value is -0.550. The molecule has 0 N–H and O–H groups in total. The van der Waals surface area contributed by atoms with Crippen molar-refractivity contribution >= 4 is 0 Å². The molecule has 2 bridgehead atoms. The maximum Gasteiger partial charge on any atom is 0.0868 e. The fourth-order valence-corrected chi connectivity index (χ4v) is 3.45. The van der Waals surface area contributed by atoms with Gasteiger partial charge >= 0.3 is 0 Å². The van der Waals surface area contributed by atoms with E-state index in [1.807, 2.05) is 0 Å². The topological polar surface area (TPSA) is 27.0 Å². The first-order valence-electron chi connectivity index (χ1n) is 6.31. The summed E-state index contributed by atoms with van der Waals surface area (Å²) in [5.41, 5.74) is 0. The molecule has 0 spiro atoms. The van der Waals surface area contributed by atoms with Crippen molar-refractivity contribution in [1.29, 1.82) is 5.26 Å². The zero-order chi connectivity index (χ0) is 10.8. The van der Waals surface area contributed by atoms with Gasteiger partial charge in [-0.1, -0.05) is 6.42 Å². The van der Waals surface area contributed by atoms with Crippen molar-refractivity contribution in [2.24, 2.45) is 17.8 Å². The van der Waals surface area contributed by atoms with Gasteiger partial charge in [-0.15, -0.1) is 0 Å². The standard InChI is InChI=1S/C13H22N2/c1-10(2)15(6-5-14)9-13-8-11-3-4-12(13)7-11/h10-13H,3-4,6-9H2,1-2H3. The van der Waals surface area contributed by atoms with Gasteiger partial charge in [0.05, 0.1) is 12.6 Å². The van der Waals surface area contributed by atoms with Crippen LogP contribution >= 0.6 is 0 Å². The SMILES string of the molecule is CC(C)N(CC#N)CC1CC2CCC1C2. The summed E-state index contributed by atoms with van der Waals surface area (Å²) in [5, 5.41) is 8.80. The lowest BCUT2D eigenvalue weighted by Crippen LogP contribution is -2.37. The monoisotopic (exact) mass is 206 g/mol. The molecule has 0 aromatic carbocycles. The first kappa shape index (κ1) is 11.0. The van der Waals surface area contributed by atoms with E-state index in [2.05, 4.69) is 24.8 Å². The molecule has 2 rings (SSSR count). The Morgan fingerprint density at radius 3 is 2.60 bits per heavy atom. The van der Waals surface area contributed by atoms with Crippen LogP contribution in [0.4, 0.5) is 0 Å². The Bertz CT molecular complexity index is 254. The lowest BCUT2D eigenvalue weighted by Gasteiger charge is -2.30. The van der Waals surface area contributed by atoms with Crippen LogP contribution in [-0.4, -0.2) is 24.0 Å². The van der Waals surface area contributed by atoms with E-state index in [9.17, 15) is 0 Å². The van der Waals surface area contributed by atoms with E-state index in [1.165, 1.54) is 25.7 Å². The molecule has 2 nitrogen and oxygen atoms in total. The van der Waals surface area contributed by atoms with Gasteiger partial charge in [0, 0.05) is 12.6 Å². The Morgan fingerprint density at radius 1 is 1.33 bits per heavy atom. The molecule has 0 saturated heterocycles. The zero-order valence-corrected chi connectivity index (χ0v) is 9.95. The third-order valence-electron chi connectivity index (χ3n) is 4.36. The smallest absolute Gasteiger partial charge is 0.0868 e. The molecule has 0 amide bonds. The van der Waals surface area contributed by atoms with E-state index < -0.39 is 0 Å². The third-order valence-corrected chi connectivity index (χ3v) is 4.36. The minimum atomic E-state index is 0.517. The summed E-state index contributed by atoms with van der Waals surface area (Å²) in [4.78, 5) is 2.34. The van der Waals surface area contributed by atoms with E-state index >= 15 is 0 Å². The molecule has 2 saturated carbocycles. The number of fused-ring (bicyclic) bond motifs is 2. The first-order valence-corrected chi connectivity index (χ1v) is 6.31. The highest BCUT2D eigenvalue weighted by molar-refractivity contribution is 4.92. The summed E-state index contributed by atoms with van der Waals surface area (Å²) in [6.45, 7) is 6.16. The fraction of sp³-hybridized carbons (Fsp3) is 0.923. The summed E-state index contributed by atoms with van der Waals surface area (Å²) < 4.78 is 0. The van der Waals surface area contributed by atoms with Crippen LogP contribution in [0.5, 0.6) is 0 Å². The molecular formula is C13H22N2. The predicted octanol–water partition coefficient (Wildman–Crippen LogP) is 2.66. The second kappa shape index (κ2) is 4.53. The van der Waals surface area contributed by atoms with Crippen molar-refractivity contribution in [3.05, 3.63) is 0 Å². The Labute approximate surface area is 93.3 Å². The molecule has 2 aliphatic carbocycles. The van der Waals surface area contributed by atoms with Gasteiger partial charge in [0.15, 0.2) is 0 Å². The summed E-state index contributed by atoms with van der Waals surface area (Å²) in [7, 11) is 0. The van der Waals surface area contributed by atoms with Gasteiger partial charge in [0.25, 0.3) is 0 Å². The largest absolute Gasteiger partial charge is 0.288 e. The normalized spacial score (nSPS) is 33.9. The second-order valence-corrected chi connectivity index (χ2v) is 5.62. The molecule has 84 valence electrons. The van der Waals surface area contributed by atoms with E-state index in [0.717, 1.165) is 24.3 Å². The molecule has 0 radical (unpaired) electrons. The van der Waals surface area contributed by atoms with Crippen LogP contribution < -0.4 is 0 Å². The molecule has 3 unspecified atom stereocenters. The number of hydrogen-bond donors (Lipinski definition) is 0. The summed E-state index contributed by atoms with van der Waals surface area (Å²) >= 11 is 0. The highest BCUT2D eigenvalue weighted by Crippen LogP contribution is 2.48. The number of hydrogen-bond acceptors (Lipinski definition) is 2. The van der Waals surface area contributed by atoms with Crippen molar-refractivity contribution in [3.63, 3.8) is 0 Å². The predicted molar refractivity (Wildman–Crippen MR) is 61.3 cm³/mol.